The van der Waals surface area contributed by atoms with Crippen molar-refractivity contribution in [3.8, 4) is 11.3 Å². The number of carboxylic acid groups (broad SMARTS) is 2. The van der Waals surface area contributed by atoms with E-state index < -0.39 is 15.8 Å². The molecule has 0 unspecified atom stereocenters. The topological polar surface area (TPSA) is 122 Å². The van der Waals surface area contributed by atoms with Gasteiger partial charge >= 0.3 is 5.97 Å². The second-order valence-electron chi connectivity index (χ2n) is 5.00. The third kappa shape index (κ3) is 4.63. The normalized spacial score (nSPS) is 10.5. The van der Waals surface area contributed by atoms with Gasteiger partial charge in [-0.05, 0) is 37.6 Å². The van der Waals surface area contributed by atoms with Gasteiger partial charge in [0.2, 0.25) is 0 Å². The molecule has 24 heavy (non-hydrogen) atoms. The number of aryl methyl sites for hydroxylation is 2. The van der Waals surface area contributed by atoms with Crippen molar-refractivity contribution >= 4 is 22.3 Å². The summed E-state index contributed by atoms with van der Waals surface area (Å²) >= 11 is 0. The summed E-state index contributed by atoms with van der Waals surface area (Å²) < 4.78 is 23.2. The highest BCUT2D eigenvalue weighted by Gasteiger charge is 2.15. The molecule has 0 saturated heterocycles. The van der Waals surface area contributed by atoms with E-state index in [2.05, 4.69) is 4.98 Å². The summed E-state index contributed by atoms with van der Waals surface area (Å²) in [5.74, 6) is -1.02. The Morgan fingerprint density at radius 2 is 1.79 bits per heavy atom. The van der Waals surface area contributed by atoms with Gasteiger partial charge < -0.3 is 10.2 Å². The van der Waals surface area contributed by atoms with Gasteiger partial charge in [-0.2, -0.15) is 0 Å². The highest BCUT2D eigenvalue weighted by atomic mass is 32.2. The molecule has 1 heterocycles. The molecule has 0 amide bonds. The minimum atomic E-state index is -3.30. The van der Waals surface area contributed by atoms with Crippen molar-refractivity contribution < 1.29 is 28.2 Å². The maximum atomic E-state index is 11.6. The first kappa shape index (κ1) is 19.3. The number of aromatic nitrogens is 1. The van der Waals surface area contributed by atoms with E-state index in [4.69, 9.17) is 15.0 Å². The minimum absolute atomic E-state index is 0.179. The largest absolute Gasteiger partial charge is 0.483 e. The lowest BCUT2D eigenvalue weighted by Crippen LogP contribution is -2.06. The van der Waals surface area contributed by atoms with Crippen molar-refractivity contribution in [2.45, 2.75) is 18.7 Å². The molecule has 0 saturated carbocycles. The fourth-order valence-electron chi connectivity index (χ4n) is 2.19. The quantitative estimate of drug-likeness (QED) is 0.813. The van der Waals surface area contributed by atoms with Crippen molar-refractivity contribution in [3.63, 3.8) is 0 Å². The van der Waals surface area contributed by atoms with Crippen LogP contribution < -0.4 is 0 Å². The van der Waals surface area contributed by atoms with Crippen molar-refractivity contribution in [2.75, 3.05) is 6.26 Å². The van der Waals surface area contributed by atoms with Gasteiger partial charge in [-0.3, -0.25) is 9.78 Å². The molecule has 0 radical (unpaired) electrons. The number of aromatic carboxylic acids is 1. The Balaban J connectivity index is 0.000000891. The SMILES string of the molecule is Cc1cc(-c2cccc(S(C)(=O)=O)c2)nc(C)c1C(=O)O.O=CO. The van der Waals surface area contributed by atoms with Crippen molar-refractivity contribution in [1.82, 2.24) is 4.98 Å². The molecule has 2 aromatic rings. The highest BCUT2D eigenvalue weighted by Crippen LogP contribution is 2.24. The fraction of sp³-hybridized carbons (Fsp3) is 0.188. The van der Waals surface area contributed by atoms with Crippen LogP contribution in [0.25, 0.3) is 11.3 Å². The van der Waals surface area contributed by atoms with Gasteiger partial charge in [-0.15, -0.1) is 0 Å². The molecular formula is C16H17NO6S. The predicted octanol–water partition coefficient (Wildman–Crippen LogP) is 2.17. The first-order chi connectivity index (χ1) is 11.1. The molecule has 128 valence electrons. The van der Waals surface area contributed by atoms with E-state index in [0.717, 1.165) is 6.26 Å². The van der Waals surface area contributed by atoms with Gasteiger partial charge in [0.25, 0.3) is 6.47 Å². The summed E-state index contributed by atoms with van der Waals surface area (Å²) in [6.07, 6.45) is 1.14. The molecule has 0 spiro atoms. The average molecular weight is 351 g/mol. The number of nitrogens with zero attached hydrogens (tertiary/aromatic N) is 1. The van der Waals surface area contributed by atoms with Gasteiger partial charge in [0.05, 0.1) is 21.8 Å². The van der Waals surface area contributed by atoms with E-state index in [0.29, 0.717) is 22.5 Å². The van der Waals surface area contributed by atoms with Gasteiger partial charge in [0, 0.05) is 11.8 Å². The lowest BCUT2D eigenvalue weighted by molar-refractivity contribution is -0.122. The smallest absolute Gasteiger partial charge is 0.337 e. The molecule has 0 aliphatic carbocycles. The van der Waals surface area contributed by atoms with E-state index in [9.17, 15) is 13.2 Å². The Labute approximate surface area is 139 Å². The second kappa shape index (κ2) is 7.69. The van der Waals surface area contributed by atoms with Gasteiger partial charge in [0.15, 0.2) is 9.84 Å². The molecule has 0 aliphatic heterocycles. The lowest BCUT2D eigenvalue weighted by Gasteiger charge is -2.09. The zero-order valence-corrected chi connectivity index (χ0v) is 14.2. The molecule has 0 fully saturated rings. The van der Waals surface area contributed by atoms with Crippen molar-refractivity contribution in [1.29, 1.82) is 0 Å². The standard InChI is InChI=1S/C15H15NO4S.CH2O2/c1-9-7-13(16-10(2)14(9)15(17)18)11-5-4-6-12(8-11)21(3,19)20;2-1-3/h4-8H,1-3H3,(H,17,18);1H,(H,2,3). The Bertz CT molecular complexity index is 851. The maximum absolute atomic E-state index is 11.6. The second-order valence-corrected chi connectivity index (χ2v) is 7.01. The summed E-state index contributed by atoms with van der Waals surface area (Å²) in [6.45, 7) is 3.07. The van der Waals surface area contributed by atoms with E-state index in [1.165, 1.54) is 12.1 Å². The van der Waals surface area contributed by atoms with Crippen LogP contribution in [0.4, 0.5) is 0 Å². The molecular weight excluding hydrogens is 334 g/mol. The van der Waals surface area contributed by atoms with E-state index in [1.54, 1.807) is 32.0 Å². The highest BCUT2D eigenvalue weighted by molar-refractivity contribution is 7.90. The third-order valence-electron chi connectivity index (χ3n) is 3.17. The minimum Gasteiger partial charge on any atom is -0.483 e. The Morgan fingerprint density at radius 3 is 2.25 bits per heavy atom. The Kier molecular flexibility index (Phi) is 6.19. The number of pyridine rings is 1. The summed E-state index contributed by atoms with van der Waals surface area (Å²) in [5.41, 5.74) is 2.37. The van der Waals surface area contributed by atoms with Crippen LogP contribution in [-0.4, -0.2) is 42.3 Å². The number of hydrogen-bond donors (Lipinski definition) is 2. The number of hydrogen-bond acceptors (Lipinski definition) is 5. The van der Waals surface area contributed by atoms with Crippen LogP contribution in [-0.2, 0) is 14.6 Å². The van der Waals surface area contributed by atoms with Crippen LogP contribution >= 0.6 is 0 Å². The summed E-state index contributed by atoms with van der Waals surface area (Å²) in [7, 11) is -3.30. The number of sulfone groups is 1. The zero-order chi connectivity index (χ0) is 18.5. The first-order valence-corrected chi connectivity index (χ1v) is 8.60. The molecule has 0 bridgehead atoms. The number of carbonyl (C=O) groups is 2. The predicted molar refractivity (Wildman–Crippen MR) is 87.9 cm³/mol. The molecule has 1 aromatic heterocycles. The van der Waals surface area contributed by atoms with Crippen LogP contribution in [0.15, 0.2) is 35.2 Å². The van der Waals surface area contributed by atoms with Crippen LogP contribution in [0.5, 0.6) is 0 Å². The summed E-state index contributed by atoms with van der Waals surface area (Å²) in [4.78, 5) is 24.0. The molecule has 0 atom stereocenters. The van der Waals surface area contributed by atoms with Crippen molar-refractivity contribution in [2.24, 2.45) is 0 Å². The van der Waals surface area contributed by atoms with E-state index in [1.807, 2.05) is 0 Å². The number of benzene rings is 1. The van der Waals surface area contributed by atoms with Crippen LogP contribution in [0.2, 0.25) is 0 Å². The van der Waals surface area contributed by atoms with Crippen molar-refractivity contribution in [3.05, 3.63) is 47.2 Å². The summed E-state index contributed by atoms with van der Waals surface area (Å²) in [5, 5.41) is 16.0. The molecule has 7 nitrogen and oxygen atoms in total. The molecule has 2 rings (SSSR count). The van der Waals surface area contributed by atoms with E-state index >= 15 is 0 Å². The number of rotatable bonds is 3. The number of carboxylic acids is 1. The Hall–Kier alpha value is -2.74. The average Bonchev–Trinajstić information content (AvgIpc) is 2.46. The molecule has 8 heteroatoms. The zero-order valence-electron chi connectivity index (χ0n) is 13.3. The van der Waals surface area contributed by atoms with Gasteiger partial charge in [-0.1, -0.05) is 12.1 Å². The fourth-order valence-corrected chi connectivity index (χ4v) is 2.86. The monoisotopic (exact) mass is 351 g/mol. The summed E-state index contributed by atoms with van der Waals surface area (Å²) in [6, 6.07) is 8.10. The van der Waals surface area contributed by atoms with Crippen LogP contribution in [0.1, 0.15) is 21.6 Å². The van der Waals surface area contributed by atoms with Gasteiger partial charge in [0.1, 0.15) is 0 Å². The molecule has 2 N–H and O–H groups in total. The maximum Gasteiger partial charge on any atom is 0.337 e. The van der Waals surface area contributed by atoms with Crippen LogP contribution in [0, 0.1) is 13.8 Å². The van der Waals surface area contributed by atoms with Gasteiger partial charge in [-0.25, -0.2) is 13.2 Å². The Morgan fingerprint density at radius 1 is 1.21 bits per heavy atom. The first-order valence-electron chi connectivity index (χ1n) is 6.71. The lowest BCUT2D eigenvalue weighted by atomic mass is 10.0. The van der Waals surface area contributed by atoms with E-state index in [-0.39, 0.29) is 16.9 Å². The molecule has 1 aromatic carbocycles. The third-order valence-corrected chi connectivity index (χ3v) is 4.28. The van der Waals surface area contributed by atoms with Crippen LogP contribution in [0.3, 0.4) is 0 Å². The molecule has 0 aliphatic rings.